The second-order valence-corrected chi connectivity index (χ2v) is 4.52. The standard InChI is InChI=1S/C11H11F4NO2.C3H8.C2H6/c1-5(2)16-8(17)4-18-11-9(14)6(12)3-7(13)10(11)15;1-3-2;1-2/h3,5H,4H2,1-2H3,(H,16,17);3H2,1-2H3;1-2H3. The molecule has 23 heavy (non-hydrogen) atoms. The molecule has 1 aromatic rings. The molecule has 0 radical (unpaired) electrons. The van der Waals surface area contributed by atoms with E-state index in [0.29, 0.717) is 0 Å². The fourth-order valence-corrected chi connectivity index (χ4v) is 1.18. The van der Waals surface area contributed by atoms with Gasteiger partial charge in [-0.25, -0.2) is 8.78 Å². The molecule has 0 atom stereocenters. The predicted octanol–water partition coefficient (Wildman–Crippen LogP) is 4.59. The molecule has 1 aromatic carbocycles. The fraction of sp³-hybridized carbons (Fsp3) is 0.562. The summed E-state index contributed by atoms with van der Waals surface area (Å²) >= 11 is 0. The second-order valence-electron chi connectivity index (χ2n) is 4.52. The summed E-state index contributed by atoms with van der Waals surface area (Å²) in [6.45, 7) is 10.8. The number of hydrogen-bond acceptors (Lipinski definition) is 2. The molecule has 0 aliphatic heterocycles. The molecule has 1 amide bonds. The van der Waals surface area contributed by atoms with Crippen LogP contribution in [0.1, 0.15) is 48.0 Å². The SMILES string of the molecule is CC.CC(C)NC(=O)COc1c(F)c(F)cc(F)c1F.CCC. The quantitative estimate of drug-likeness (QED) is 0.644. The van der Waals surface area contributed by atoms with Crippen molar-refractivity contribution in [2.45, 2.75) is 54.0 Å². The number of halogens is 4. The third kappa shape index (κ3) is 9.05. The largest absolute Gasteiger partial charge is 0.477 e. The van der Waals surface area contributed by atoms with Crippen LogP contribution >= 0.6 is 0 Å². The van der Waals surface area contributed by atoms with E-state index in [1.165, 1.54) is 6.42 Å². The Morgan fingerprint density at radius 2 is 1.48 bits per heavy atom. The Labute approximate surface area is 135 Å². The summed E-state index contributed by atoms with van der Waals surface area (Å²) in [5.41, 5.74) is 0. The van der Waals surface area contributed by atoms with Crippen molar-refractivity contribution in [3.05, 3.63) is 29.3 Å². The van der Waals surface area contributed by atoms with Gasteiger partial charge in [0.15, 0.2) is 24.0 Å². The van der Waals surface area contributed by atoms with Crippen molar-refractivity contribution in [2.24, 2.45) is 0 Å². The van der Waals surface area contributed by atoms with Gasteiger partial charge in [-0.3, -0.25) is 4.79 Å². The fourth-order valence-electron chi connectivity index (χ4n) is 1.18. The summed E-state index contributed by atoms with van der Waals surface area (Å²) in [4.78, 5) is 11.2. The van der Waals surface area contributed by atoms with Gasteiger partial charge in [0.05, 0.1) is 0 Å². The molecule has 7 heteroatoms. The molecule has 0 aromatic heterocycles. The van der Waals surface area contributed by atoms with Gasteiger partial charge in [0.2, 0.25) is 11.6 Å². The van der Waals surface area contributed by atoms with E-state index in [4.69, 9.17) is 0 Å². The lowest BCUT2D eigenvalue weighted by molar-refractivity contribution is -0.123. The molecule has 0 spiro atoms. The maximum atomic E-state index is 13.1. The smallest absolute Gasteiger partial charge is 0.258 e. The van der Waals surface area contributed by atoms with E-state index in [1.807, 2.05) is 13.8 Å². The van der Waals surface area contributed by atoms with Crippen molar-refractivity contribution in [3.8, 4) is 5.75 Å². The van der Waals surface area contributed by atoms with Gasteiger partial charge in [0, 0.05) is 12.1 Å². The highest BCUT2D eigenvalue weighted by molar-refractivity contribution is 5.77. The summed E-state index contributed by atoms with van der Waals surface area (Å²) in [5, 5.41) is 2.38. The Balaban J connectivity index is 0. The van der Waals surface area contributed by atoms with E-state index < -0.39 is 41.5 Å². The van der Waals surface area contributed by atoms with Crippen molar-refractivity contribution in [1.29, 1.82) is 0 Å². The van der Waals surface area contributed by atoms with Crippen LogP contribution in [0.15, 0.2) is 6.07 Å². The van der Waals surface area contributed by atoms with Gasteiger partial charge in [0.1, 0.15) is 0 Å². The molecular weight excluding hydrogens is 314 g/mol. The highest BCUT2D eigenvalue weighted by Crippen LogP contribution is 2.26. The van der Waals surface area contributed by atoms with E-state index >= 15 is 0 Å². The van der Waals surface area contributed by atoms with Crippen LogP contribution in [0.3, 0.4) is 0 Å². The highest BCUT2D eigenvalue weighted by Gasteiger charge is 2.21. The molecule has 1 N–H and O–H groups in total. The van der Waals surface area contributed by atoms with Gasteiger partial charge >= 0.3 is 0 Å². The van der Waals surface area contributed by atoms with Gasteiger partial charge in [-0.1, -0.05) is 34.1 Å². The van der Waals surface area contributed by atoms with Crippen molar-refractivity contribution < 1.29 is 27.1 Å². The number of nitrogens with one attached hydrogen (secondary N) is 1. The van der Waals surface area contributed by atoms with Crippen LogP contribution in [-0.4, -0.2) is 18.6 Å². The zero-order chi connectivity index (χ0) is 18.6. The zero-order valence-corrected chi connectivity index (χ0v) is 14.4. The maximum absolute atomic E-state index is 13.1. The lowest BCUT2D eigenvalue weighted by atomic mass is 10.3. The minimum absolute atomic E-state index is 0.0612. The molecule has 1 rings (SSSR count). The Morgan fingerprint density at radius 1 is 1.09 bits per heavy atom. The normalized spacial score (nSPS) is 9.35. The van der Waals surface area contributed by atoms with Crippen molar-refractivity contribution in [2.75, 3.05) is 6.61 Å². The monoisotopic (exact) mass is 339 g/mol. The molecule has 0 bridgehead atoms. The molecule has 0 saturated carbocycles. The lowest BCUT2D eigenvalue weighted by Gasteiger charge is -2.11. The van der Waals surface area contributed by atoms with E-state index in [1.54, 1.807) is 13.8 Å². The van der Waals surface area contributed by atoms with Crippen LogP contribution in [0, 0.1) is 23.3 Å². The second kappa shape index (κ2) is 12.7. The van der Waals surface area contributed by atoms with Crippen LogP contribution in [0.5, 0.6) is 5.75 Å². The van der Waals surface area contributed by atoms with Crippen LogP contribution in [0.4, 0.5) is 17.6 Å². The van der Waals surface area contributed by atoms with E-state index in [-0.39, 0.29) is 12.1 Å². The van der Waals surface area contributed by atoms with Gasteiger partial charge in [0.25, 0.3) is 5.91 Å². The number of carbonyl (C=O) groups excluding carboxylic acids is 1. The number of carbonyl (C=O) groups is 1. The van der Waals surface area contributed by atoms with Crippen LogP contribution < -0.4 is 10.1 Å². The van der Waals surface area contributed by atoms with Crippen molar-refractivity contribution >= 4 is 5.91 Å². The number of ether oxygens (including phenoxy) is 1. The minimum Gasteiger partial charge on any atom is -0.477 e. The Hall–Kier alpha value is -1.79. The first-order chi connectivity index (χ1) is 10.7. The number of hydrogen-bond donors (Lipinski definition) is 1. The van der Waals surface area contributed by atoms with E-state index in [9.17, 15) is 22.4 Å². The third-order valence-electron chi connectivity index (χ3n) is 1.87. The Morgan fingerprint density at radius 3 is 1.83 bits per heavy atom. The summed E-state index contributed by atoms with van der Waals surface area (Å²) in [6.07, 6.45) is 1.25. The number of benzene rings is 1. The predicted molar refractivity (Wildman–Crippen MR) is 82.4 cm³/mol. The topological polar surface area (TPSA) is 38.3 Å². The van der Waals surface area contributed by atoms with Crippen molar-refractivity contribution in [3.63, 3.8) is 0 Å². The van der Waals surface area contributed by atoms with Gasteiger partial charge in [-0.15, -0.1) is 0 Å². The van der Waals surface area contributed by atoms with E-state index in [0.717, 1.165) is 0 Å². The van der Waals surface area contributed by atoms with Crippen LogP contribution in [0.2, 0.25) is 0 Å². The summed E-state index contributed by atoms with van der Waals surface area (Å²) in [6, 6.07) is -0.133. The van der Waals surface area contributed by atoms with E-state index in [2.05, 4.69) is 23.9 Å². The highest BCUT2D eigenvalue weighted by atomic mass is 19.2. The first-order valence-electron chi connectivity index (χ1n) is 7.49. The lowest BCUT2D eigenvalue weighted by Crippen LogP contribution is -2.34. The summed E-state index contributed by atoms with van der Waals surface area (Å²) in [5.74, 6) is -8.43. The average Bonchev–Trinajstić information content (AvgIpc) is 2.47. The maximum Gasteiger partial charge on any atom is 0.258 e. The third-order valence-corrected chi connectivity index (χ3v) is 1.87. The van der Waals surface area contributed by atoms with Crippen LogP contribution in [-0.2, 0) is 4.79 Å². The molecule has 134 valence electrons. The Bertz CT molecular complexity index is 453. The molecule has 0 aliphatic rings. The first-order valence-corrected chi connectivity index (χ1v) is 7.49. The van der Waals surface area contributed by atoms with Gasteiger partial charge < -0.3 is 10.1 Å². The molecule has 0 saturated heterocycles. The summed E-state index contributed by atoms with van der Waals surface area (Å²) in [7, 11) is 0. The first kappa shape index (κ1) is 23.5. The Kier molecular flexibility index (Phi) is 13.0. The van der Waals surface area contributed by atoms with Crippen molar-refractivity contribution in [1.82, 2.24) is 5.32 Å². The molecule has 0 aliphatic carbocycles. The zero-order valence-electron chi connectivity index (χ0n) is 14.4. The average molecular weight is 339 g/mol. The molecule has 0 fully saturated rings. The van der Waals surface area contributed by atoms with Gasteiger partial charge in [-0.05, 0) is 13.8 Å². The minimum atomic E-state index is -1.67. The van der Waals surface area contributed by atoms with Gasteiger partial charge in [-0.2, -0.15) is 8.78 Å². The number of rotatable bonds is 4. The molecular formula is C16H25F4NO2. The summed E-state index contributed by atoms with van der Waals surface area (Å²) < 4.78 is 56.3. The number of amides is 1. The van der Waals surface area contributed by atoms with Crippen LogP contribution in [0.25, 0.3) is 0 Å². The molecule has 0 unspecified atom stereocenters. The molecule has 3 nitrogen and oxygen atoms in total. The molecule has 0 heterocycles.